The number of ether oxygens (including phenoxy) is 1. The maximum atomic E-state index is 9.87. The molecule has 0 heterocycles. The summed E-state index contributed by atoms with van der Waals surface area (Å²) in [4.78, 5) is 39.3. The lowest BCUT2D eigenvalue weighted by molar-refractivity contribution is -0.139. The van der Waals surface area contributed by atoms with Crippen molar-refractivity contribution in [3.05, 3.63) is 24.3 Å². The van der Waals surface area contributed by atoms with Gasteiger partial charge >= 0.3 is 23.9 Å². The van der Waals surface area contributed by atoms with Crippen molar-refractivity contribution in [1.29, 1.82) is 0 Å². The second-order valence-corrected chi connectivity index (χ2v) is 9.53. The third kappa shape index (κ3) is 21.6. The van der Waals surface area contributed by atoms with Crippen molar-refractivity contribution >= 4 is 23.9 Å². The second-order valence-electron chi connectivity index (χ2n) is 9.53. The maximum Gasteiger partial charge on any atom is 0.331 e. The lowest BCUT2D eigenvalue weighted by Gasteiger charge is -2.31. The Hall–Kier alpha value is -3.08. The summed E-state index contributed by atoms with van der Waals surface area (Å²) in [5.41, 5.74) is -4.04. The third-order valence-corrected chi connectivity index (χ3v) is 5.50. The number of carbonyl (C=O) groups is 4. The standard InChI is InChI=1S/C10H22O7.C5H12O4.2C5H6O4/c11-1-9(2-12,3-13)7-17-8-10(4-14,5-15)6-16;6-1-5(2-7,3-8)4-9;2*1-3(5(8)9)2-4(6)7/h11-16H,1-8H2;6-9H,1-4H2;2*1-2H2,(H,6,7)(H,8,9). The Balaban J connectivity index is -0.000000256. The largest absolute Gasteiger partial charge is 0.481 e. The molecule has 0 aliphatic carbocycles. The number of carboxylic acid groups (broad SMARTS) is 4. The van der Waals surface area contributed by atoms with E-state index in [0.29, 0.717) is 0 Å². The van der Waals surface area contributed by atoms with Crippen LogP contribution in [0, 0.1) is 16.2 Å². The van der Waals surface area contributed by atoms with Crippen molar-refractivity contribution < 1.29 is 95.4 Å². The van der Waals surface area contributed by atoms with Crippen LogP contribution < -0.4 is 0 Å². The number of aliphatic carboxylic acids is 4. The van der Waals surface area contributed by atoms with Gasteiger partial charge in [-0.25, -0.2) is 9.59 Å². The topological polar surface area (TPSA) is 361 Å². The highest BCUT2D eigenvalue weighted by atomic mass is 16.5. The molecule has 44 heavy (non-hydrogen) atoms. The maximum absolute atomic E-state index is 9.87. The SMILES string of the molecule is C=C(CC(=O)O)C(=O)O.C=C(CC(=O)O)C(=O)O.OCC(CO)(CO)CO.OCC(CO)(CO)COCC(CO)(CO)CO. The lowest BCUT2D eigenvalue weighted by Crippen LogP contribution is -2.43. The Labute approximate surface area is 252 Å². The summed E-state index contributed by atoms with van der Waals surface area (Å²) in [7, 11) is 0. The van der Waals surface area contributed by atoms with Crippen molar-refractivity contribution in [3.8, 4) is 0 Å². The summed E-state index contributed by atoms with van der Waals surface area (Å²) in [6.07, 6.45) is -1.01. The van der Waals surface area contributed by atoms with Crippen LogP contribution in [0.15, 0.2) is 24.3 Å². The van der Waals surface area contributed by atoms with Gasteiger partial charge in [0, 0.05) is 11.1 Å². The van der Waals surface area contributed by atoms with Crippen LogP contribution in [0.25, 0.3) is 0 Å². The highest BCUT2D eigenvalue weighted by molar-refractivity contribution is 5.91. The van der Waals surface area contributed by atoms with Crippen LogP contribution in [0.4, 0.5) is 0 Å². The van der Waals surface area contributed by atoms with E-state index in [1.807, 2.05) is 0 Å². The summed E-state index contributed by atoms with van der Waals surface area (Å²) < 4.78 is 5.15. The van der Waals surface area contributed by atoms with Gasteiger partial charge in [-0.05, 0) is 0 Å². The molecule has 0 amide bonds. The molecule has 0 unspecified atom stereocenters. The number of hydrogen-bond acceptors (Lipinski definition) is 15. The first kappa shape index (κ1) is 47.8. The van der Waals surface area contributed by atoms with Crippen LogP contribution in [0.1, 0.15) is 12.8 Å². The molecular formula is C25H46O19. The van der Waals surface area contributed by atoms with E-state index in [9.17, 15) is 19.2 Å². The fraction of sp³-hybridized carbons (Fsp3) is 0.680. The molecule has 0 spiro atoms. The first-order valence-corrected chi connectivity index (χ1v) is 12.3. The smallest absolute Gasteiger partial charge is 0.331 e. The molecule has 0 atom stereocenters. The Bertz CT molecular complexity index is 752. The van der Waals surface area contributed by atoms with Crippen molar-refractivity contribution in [2.24, 2.45) is 16.2 Å². The summed E-state index contributed by atoms with van der Waals surface area (Å²) in [5.74, 6) is -4.89. The minimum Gasteiger partial charge on any atom is -0.481 e. The zero-order valence-corrected chi connectivity index (χ0v) is 24.1. The fourth-order valence-corrected chi connectivity index (χ4v) is 1.87. The molecule has 0 saturated heterocycles. The van der Waals surface area contributed by atoms with Gasteiger partial charge in [0.25, 0.3) is 0 Å². The summed E-state index contributed by atoms with van der Waals surface area (Å²) in [6, 6.07) is 0. The molecule has 19 nitrogen and oxygen atoms in total. The molecule has 0 fully saturated rings. The lowest BCUT2D eigenvalue weighted by atomic mass is 9.91. The van der Waals surface area contributed by atoms with Gasteiger partial charge in [0.2, 0.25) is 0 Å². The van der Waals surface area contributed by atoms with E-state index in [4.69, 9.17) is 76.2 Å². The molecule has 0 saturated carbocycles. The molecule has 0 rings (SSSR count). The van der Waals surface area contributed by atoms with E-state index in [1.54, 1.807) is 0 Å². The Morgan fingerprint density at radius 1 is 0.432 bits per heavy atom. The van der Waals surface area contributed by atoms with Crippen molar-refractivity contribution in [3.63, 3.8) is 0 Å². The van der Waals surface area contributed by atoms with E-state index >= 15 is 0 Å². The molecule has 0 radical (unpaired) electrons. The van der Waals surface area contributed by atoms with E-state index in [0.717, 1.165) is 0 Å². The zero-order valence-electron chi connectivity index (χ0n) is 24.1. The van der Waals surface area contributed by atoms with Crippen molar-refractivity contribution in [2.45, 2.75) is 12.8 Å². The Morgan fingerprint density at radius 3 is 0.727 bits per heavy atom. The zero-order chi connectivity index (χ0) is 35.6. The van der Waals surface area contributed by atoms with Crippen LogP contribution in [-0.4, -0.2) is 175 Å². The quantitative estimate of drug-likeness (QED) is 0.0549. The predicted molar refractivity (Wildman–Crippen MR) is 147 cm³/mol. The number of hydrogen-bond donors (Lipinski definition) is 14. The van der Waals surface area contributed by atoms with Gasteiger partial charge in [0.15, 0.2) is 0 Å². The first-order chi connectivity index (χ1) is 20.4. The average molecular weight is 651 g/mol. The van der Waals surface area contributed by atoms with Crippen LogP contribution >= 0.6 is 0 Å². The molecule has 19 heteroatoms. The molecule has 0 aromatic carbocycles. The minimum absolute atomic E-state index is 0.141. The third-order valence-electron chi connectivity index (χ3n) is 5.50. The summed E-state index contributed by atoms with van der Waals surface area (Å²) in [6.45, 7) is 1.40. The van der Waals surface area contributed by atoms with Gasteiger partial charge in [0.1, 0.15) is 0 Å². The highest BCUT2D eigenvalue weighted by Crippen LogP contribution is 2.19. The van der Waals surface area contributed by atoms with Gasteiger partial charge in [-0.1, -0.05) is 13.2 Å². The van der Waals surface area contributed by atoms with E-state index in [-0.39, 0.29) is 24.4 Å². The van der Waals surface area contributed by atoms with Gasteiger partial charge in [0.05, 0.1) is 108 Å². The normalized spacial score (nSPS) is 11.0. The van der Waals surface area contributed by atoms with Gasteiger partial charge in [-0.3, -0.25) is 9.59 Å². The number of aliphatic hydroxyl groups is 10. The highest BCUT2D eigenvalue weighted by Gasteiger charge is 2.33. The molecule has 0 aliphatic heterocycles. The molecule has 0 bridgehead atoms. The fourth-order valence-electron chi connectivity index (χ4n) is 1.87. The van der Waals surface area contributed by atoms with E-state index in [2.05, 4.69) is 13.2 Å². The second kappa shape index (κ2) is 26.3. The number of rotatable bonds is 20. The predicted octanol–water partition coefficient (Wildman–Crippen LogP) is -4.92. The van der Waals surface area contributed by atoms with Gasteiger partial charge in [-0.2, -0.15) is 0 Å². The molecule has 0 aliphatic rings. The summed E-state index contributed by atoms with van der Waals surface area (Å²) >= 11 is 0. The van der Waals surface area contributed by atoms with Crippen LogP contribution in [0.5, 0.6) is 0 Å². The van der Waals surface area contributed by atoms with E-state index in [1.165, 1.54) is 0 Å². The van der Waals surface area contributed by atoms with Crippen molar-refractivity contribution in [1.82, 2.24) is 0 Å². The molecule has 0 aromatic heterocycles. The first-order valence-electron chi connectivity index (χ1n) is 12.3. The van der Waals surface area contributed by atoms with Crippen LogP contribution in [-0.2, 0) is 23.9 Å². The molecule has 260 valence electrons. The Morgan fingerprint density at radius 2 is 0.636 bits per heavy atom. The van der Waals surface area contributed by atoms with Crippen molar-refractivity contribution in [2.75, 3.05) is 79.3 Å². The minimum atomic E-state index is -1.27. The average Bonchev–Trinajstić information content (AvgIpc) is 3.00. The molecule has 0 aromatic rings. The Kier molecular flexibility index (Phi) is 28.6. The van der Waals surface area contributed by atoms with Gasteiger partial charge in [-0.15, -0.1) is 0 Å². The van der Waals surface area contributed by atoms with E-state index < -0.39 is 119 Å². The number of aliphatic hydroxyl groups excluding tert-OH is 10. The summed E-state index contributed by atoms with van der Waals surface area (Å²) in [5, 5.41) is 120. The van der Waals surface area contributed by atoms with Crippen LogP contribution in [0.2, 0.25) is 0 Å². The van der Waals surface area contributed by atoms with Crippen LogP contribution in [0.3, 0.4) is 0 Å². The molecular weight excluding hydrogens is 604 g/mol. The van der Waals surface area contributed by atoms with Gasteiger partial charge < -0.3 is 76.2 Å². The number of carboxylic acids is 4. The monoisotopic (exact) mass is 650 g/mol. The molecule has 14 N–H and O–H groups in total.